The van der Waals surface area contributed by atoms with E-state index in [1.54, 1.807) is 0 Å². The molecule has 0 aliphatic heterocycles. The fourth-order valence-electron chi connectivity index (χ4n) is 1.49. The number of benzene rings is 1. The zero-order valence-electron chi connectivity index (χ0n) is 11.0. The maximum atomic E-state index is 12.3. The maximum Gasteiger partial charge on any atom is 0.243 e. The number of alkyl halides is 1. The third-order valence-electron chi connectivity index (χ3n) is 2.74. The second-order valence-corrected chi connectivity index (χ2v) is 8.94. The van der Waals surface area contributed by atoms with E-state index in [0.29, 0.717) is 16.8 Å². The minimum Gasteiger partial charge on any atom is -0.211 e. The third-order valence-corrected chi connectivity index (χ3v) is 5.71. The molecule has 0 heterocycles. The molecule has 1 N–H and O–H groups in total. The summed E-state index contributed by atoms with van der Waals surface area (Å²) in [5.41, 5.74) is -0.247. The molecule has 0 aromatic heterocycles. The van der Waals surface area contributed by atoms with Gasteiger partial charge < -0.3 is 0 Å². The average Bonchev–Trinajstić information content (AvgIpc) is 2.24. The number of hydrogen-bond donors (Lipinski definition) is 1. The van der Waals surface area contributed by atoms with Crippen LogP contribution in [0.15, 0.2) is 21.5 Å². The van der Waals surface area contributed by atoms with Crippen LogP contribution in [0.2, 0.25) is 10.0 Å². The fraction of sp³-hybridized carbons (Fsp3) is 0.500. The van der Waals surface area contributed by atoms with E-state index in [-0.39, 0.29) is 26.9 Å². The molecule has 0 aliphatic rings. The molecule has 0 atom stereocenters. The Balaban J connectivity index is 3.01. The Morgan fingerprint density at radius 1 is 1.25 bits per heavy atom. The monoisotopic (exact) mass is 421 g/mol. The summed E-state index contributed by atoms with van der Waals surface area (Å²) in [7, 11) is -3.77. The molecule has 0 fully saturated rings. The molecule has 0 unspecified atom stereocenters. The Bertz CT molecular complexity index is 567. The van der Waals surface area contributed by atoms with E-state index in [1.807, 2.05) is 13.8 Å². The molecule has 114 valence electrons. The van der Waals surface area contributed by atoms with Gasteiger partial charge in [-0.1, -0.05) is 53.0 Å². The van der Waals surface area contributed by atoms with Crippen molar-refractivity contribution in [2.45, 2.75) is 25.2 Å². The summed E-state index contributed by atoms with van der Waals surface area (Å²) in [5.74, 6) is 0.467. The largest absolute Gasteiger partial charge is 0.243 e. The molecule has 0 amide bonds. The average molecular weight is 424 g/mol. The summed E-state index contributed by atoms with van der Waals surface area (Å²) in [6, 6.07) is 2.98. The van der Waals surface area contributed by atoms with Crippen molar-refractivity contribution >= 4 is 60.8 Å². The first-order valence-corrected chi connectivity index (χ1v) is 9.36. The van der Waals surface area contributed by atoms with Gasteiger partial charge in [-0.15, -0.1) is 11.6 Å². The first-order chi connectivity index (χ1) is 9.09. The normalized spacial score (nSPS) is 12.7. The zero-order valence-corrected chi connectivity index (χ0v) is 15.7. The standard InChI is InChI=1S/C12H15BrCl3NO2S/c1-12(2,3-4-14)7-17-20(18,19)11-9(15)5-8(13)6-10(11)16/h5-6,17H,3-4,7H2,1-2H3. The van der Waals surface area contributed by atoms with Crippen molar-refractivity contribution in [3.63, 3.8) is 0 Å². The molecule has 20 heavy (non-hydrogen) atoms. The van der Waals surface area contributed by atoms with Gasteiger partial charge in [-0.3, -0.25) is 0 Å². The van der Waals surface area contributed by atoms with Gasteiger partial charge in [0.2, 0.25) is 10.0 Å². The Morgan fingerprint density at radius 3 is 2.20 bits per heavy atom. The number of halogens is 4. The molecule has 0 saturated heterocycles. The van der Waals surface area contributed by atoms with E-state index >= 15 is 0 Å². The van der Waals surface area contributed by atoms with Crippen LogP contribution in [0.1, 0.15) is 20.3 Å². The van der Waals surface area contributed by atoms with Crippen LogP contribution in [-0.4, -0.2) is 20.8 Å². The van der Waals surface area contributed by atoms with Crippen molar-refractivity contribution in [3.8, 4) is 0 Å². The molecule has 1 aromatic carbocycles. The molecule has 0 spiro atoms. The van der Waals surface area contributed by atoms with E-state index in [4.69, 9.17) is 34.8 Å². The van der Waals surface area contributed by atoms with Crippen LogP contribution in [0.4, 0.5) is 0 Å². The Morgan fingerprint density at radius 2 is 1.75 bits per heavy atom. The number of hydrogen-bond acceptors (Lipinski definition) is 2. The molecule has 0 radical (unpaired) electrons. The lowest BCUT2D eigenvalue weighted by Crippen LogP contribution is -2.34. The zero-order chi connectivity index (χ0) is 15.6. The van der Waals surface area contributed by atoms with E-state index in [1.165, 1.54) is 12.1 Å². The van der Waals surface area contributed by atoms with Crippen molar-refractivity contribution in [3.05, 3.63) is 26.7 Å². The Kier molecular flexibility index (Phi) is 6.63. The van der Waals surface area contributed by atoms with Crippen molar-refractivity contribution in [1.82, 2.24) is 4.72 Å². The molecule has 0 saturated carbocycles. The smallest absolute Gasteiger partial charge is 0.211 e. The number of nitrogens with one attached hydrogen (secondary N) is 1. The number of rotatable bonds is 6. The van der Waals surface area contributed by atoms with Gasteiger partial charge in [-0.25, -0.2) is 13.1 Å². The van der Waals surface area contributed by atoms with Crippen LogP contribution >= 0.6 is 50.7 Å². The molecule has 8 heteroatoms. The van der Waals surface area contributed by atoms with Gasteiger partial charge in [-0.05, 0) is 24.0 Å². The first kappa shape index (κ1) is 18.5. The van der Waals surface area contributed by atoms with Crippen LogP contribution in [0.5, 0.6) is 0 Å². The number of sulfonamides is 1. The summed E-state index contributed by atoms with van der Waals surface area (Å²) in [4.78, 5) is -0.106. The second kappa shape index (κ2) is 7.16. The highest BCUT2D eigenvalue weighted by molar-refractivity contribution is 9.10. The fourth-order valence-corrected chi connectivity index (χ4v) is 5.18. The van der Waals surface area contributed by atoms with Crippen molar-refractivity contribution in [1.29, 1.82) is 0 Å². The Hall–Kier alpha value is 0.480. The summed E-state index contributed by atoms with van der Waals surface area (Å²) in [6.07, 6.45) is 0.693. The summed E-state index contributed by atoms with van der Waals surface area (Å²) in [5, 5.41) is 0.152. The minimum atomic E-state index is -3.77. The minimum absolute atomic E-state index is 0.0759. The molecule has 0 aliphatic carbocycles. The highest BCUT2D eigenvalue weighted by atomic mass is 79.9. The quantitative estimate of drug-likeness (QED) is 0.675. The molecular weight excluding hydrogens is 408 g/mol. The highest BCUT2D eigenvalue weighted by Gasteiger charge is 2.25. The summed E-state index contributed by atoms with van der Waals surface area (Å²) < 4.78 is 27.8. The maximum absolute atomic E-state index is 12.3. The topological polar surface area (TPSA) is 46.2 Å². The highest BCUT2D eigenvalue weighted by Crippen LogP contribution is 2.33. The van der Waals surface area contributed by atoms with Crippen LogP contribution in [0.25, 0.3) is 0 Å². The van der Waals surface area contributed by atoms with Gasteiger partial charge in [0.15, 0.2) is 0 Å². The van der Waals surface area contributed by atoms with E-state index in [0.717, 1.165) is 0 Å². The third kappa shape index (κ3) is 5.04. The van der Waals surface area contributed by atoms with Crippen molar-refractivity contribution in [2.24, 2.45) is 5.41 Å². The van der Waals surface area contributed by atoms with Gasteiger partial charge in [0.05, 0.1) is 10.0 Å². The van der Waals surface area contributed by atoms with Crippen LogP contribution in [0, 0.1) is 5.41 Å². The van der Waals surface area contributed by atoms with Gasteiger partial charge >= 0.3 is 0 Å². The SMILES string of the molecule is CC(C)(CCCl)CNS(=O)(=O)c1c(Cl)cc(Br)cc1Cl. The lowest BCUT2D eigenvalue weighted by atomic mass is 9.91. The van der Waals surface area contributed by atoms with Gasteiger partial charge in [0.1, 0.15) is 4.90 Å². The lowest BCUT2D eigenvalue weighted by molar-refractivity contribution is 0.352. The Labute approximate surface area is 143 Å². The lowest BCUT2D eigenvalue weighted by Gasteiger charge is -2.24. The predicted molar refractivity (Wildman–Crippen MR) is 88.5 cm³/mol. The van der Waals surface area contributed by atoms with E-state index in [9.17, 15) is 8.42 Å². The van der Waals surface area contributed by atoms with Gasteiger partial charge in [0, 0.05) is 16.9 Å². The van der Waals surface area contributed by atoms with Gasteiger partial charge in [-0.2, -0.15) is 0 Å². The van der Waals surface area contributed by atoms with Crippen molar-refractivity contribution in [2.75, 3.05) is 12.4 Å². The molecule has 1 aromatic rings. The molecular formula is C12H15BrCl3NO2S. The van der Waals surface area contributed by atoms with Crippen LogP contribution < -0.4 is 4.72 Å². The summed E-state index contributed by atoms with van der Waals surface area (Å²) in [6.45, 7) is 4.12. The molecule has 0 bridgehead atoms. The first-order valence-electron chi connectivity index (χ1n) is 5.79. The molecule has 3 nitrogen and oxygen atoms in total. The van der Waals surface area contributed by atoms with Crippen molar-refractivity contribution < 1.29 is 8.42 Å². The van der Waals surface area contributed by atoms with Crippen LogP contribution in [-0.2, 0) is 10.0 Å². The second-order valence-electron chi connectivity index (χ2n) is 5.13. The van der Waals surface area contributed by atoms with Crippen LogP contribution in [0.3, 0.4) is 0 Å². The summed E-state index contributed by atoms with van der Waals surface area (Å²) >= 11 is 20.9. The predicted octanol–water partition coefficient (Wildman–Crippen LogP) is 4.69. The molecule has 1 rings (SSSR count). The van der Waals surface area contributed by atoms with Gasteiger partial charge in [0.25, 0.3) is 0 Å². The van der Waals surface area contributed by atoms with E-state index in [2.05, 4.69) is 20.7 Å². The van der Waals surface area contributed by atoms with E-state index < -0.39 is 10.0 Å².